The summed E-state index contributed by atoms with van der Waals surface area (Å²) in [4.78, 5) is 30.2. The first kappa shape index (κ1) is 18.6. The summed E-state index contributed by atoms with van der Waals surface area (Å²) in [5.74, 6) is -0.102. The predicted octanol–water partition coefficient (Wildman–Crippen LogP) is 3.01. The molecule has 0 bridgehead atoms. The van der Waals surface area contributed by atoms with Crippen LogP contribution in [0.4, 0.5) is 0 Å². The zero-order chi connectivity index (χ0) is 18.8. The number of carbonyl (C=O) groups excluding carboxylic acids is 1. The number of carbonyl (C=O) groups is 1. The van der Waals surface area contributed by atoms with Crippen molar-refractivity contribution >= 4 is 39.1 Å². The Labute approximate surface area is 159 Å². The van der Waals surface area contributed by atoms with Gasteiger partial charge in [0.05, 0.1) is 12.0 Å². The van der Waals surface area contributed by atoms with Crippen LogP contribution < -0.4 is 11.3 Å². The zero-order valence-electron chi connectivity index (χ0n) is 14.4. The van der Waals surface area contributed by atoms with Crippen LogP contribution in [-0.4, -0.2) is 29.2 Å². The molecule has 0 radical (unpaired) electrons. The summed E-state index contributed by atoms with van der Waals surface area (Å²) in [6.07, 6.45) is 0.410. The van der Waals surface area contributed by atoms with Crippen LogP contribution in [0.3, 0.4) is 0 Å². The van der Waals surface area contributed by atoms with Gasteiger partial charge in [-0.2, -0.15) is 0 Å². The number of amides is 1. The van der Waals surface area contributed by atoms with Crippen molar-refractivity contribution in [2.75, 3.05) is 13.7 Å². The molecular weight excluding hydrogens is 374 g/mol. The Bertz CT molecular complexity index is 1010. The molecule has 3 aromatic rings. The molecule has 136 valence electrons. The third-order valence-corrected chi connectivity index (χ3v) is 5.32. The number of nitrogens with two attached hydrogens (primary N) is 1. The van der Waals surface area contributed by atoms with Gasteiger partial charge in [-0.15, -0.1) is 11.3 Å². The van der Waals surface area contributed by atoms with Gasteiger partial charge in [0.2, 0.25) is 5.91 Å². The van der Waals surface area contributed by atoms with Crippen LogP contribution in [0.1, 0.15) is 18.8 Å². The number of ether oxygens (including phenoxy) is 1. The number of halogens is 1. The number of hydrogen-bond acceptors (Lipinski definition) is 5. The van der Waals surface area contributed by atoms with Crippen molar-refractivity contribution in [1.29, 1.82) is 0 Å². The fourth-order valence-corrected chi connectivity index (χ4v) is 3.87. The number of hydrogen-bond donors (Lipinski definition) is 1. The van der Waals surface area contributed by atoms with E-state index in [1.807, 2.05) is 17.5 Å². The van der Waals surface area contributed by atoms with Crippen LogP contribution in [0, 0.1) is 0 Å². The summed E-state index contributed by atoms with van der Waals surface area (Å²) in [5, 5.41) is 2.99. The van der Waals surface area contributed by atoms with Crippen molar-refractivity contribution in [2.45, 2.75) is 19.4 Å². The van der Waals surface area contributed by atoms with Crippen LogP contribution in [0.25, 0.3) is 21.3 Å². The van der Waals surface area contributed by atoms with Gasteiger partial charge in [-0.25, -0.2) is 4.98 Å². The Morgan fingerprint density at radius 2 is 2.08 bits per heavy atom. The summed E-state index contributed by atoms with van der Waals surface area (Å²) < 4.78 is 6.47. The number of primary amides is 1. The van der Waals surface area contributed by atoms with Crippen molar-refractivity contribution in [2.24, 2.45) is 5.73 Å². The normalized spacial score (nSPS) is 12.4. The zero-order valence-corrected chi connectivity index (χ0v) is 15.9. The van der Waals surface area contributed by atoms with Gasteiger partial charge in [-0.3, -0.25) is 14.2 Å². The summed E-state index contributed by atoms with van der Waals surface area (Å²) >= 11 is 7.34. The fraction of sp³-hybridized carbons (Fsp3) is 0.278. The lowest BCUT2D eigenvalue weighted by atomic mass is 10.1. The summed E-state index contributed by atoms with van der Waals surface area (Å²) in [5.41, 5.74) is 6.80. The maximum absolute atomic E-state index is 13.2. The van der Waals surface area contributed by atoms with E-state index in [9.17, 15) is 9.59 Å². The number of nitrogens with zero attached hydrogens (tertiary/aromatic N) is 2. The Kier molecular flexibility index (Phi) is 5.41. The Morgan fingerprint density at radius 1 is 1.38 bits per heavy atom. The molecule has 0 aliphatic heterocycles. The lowest BCUT2D eigenvalue weighted by Gasteiger charge is -2.17. The van der Waals surface area contributed by atoms with E-state index in [4.69, 9.17) is 22.1 Å². The minimum atomic E-state index is -0.802. The van der Waals surface area contributed by atoms with Crippen LogP contribution in [0.15, 0.2) is 34.4 Å². The number of fused-ring (bicyclic) bond motifs is 1. The fourth-order valence-electron chi connectivity index (χ4n) is 2.78. The quantitative estimate of drug-likeness (QED) is 0.699. The second kappa shape index (κ2) is 7.57. The molecule has 0 saturated carbocycles. The van der Waals surface area contributed by atoms with E-state index in [0.717, 1.165) is 11.1 Å². The molecule has 2 heterocycles. The first-order valence-electron chi connectivity index (χ1n) is 8.00. The highest BCUT2D eigenvalue weighted by atomic mass is 35.5. The second-order valence-corrected chi connectivity index (χ2v) is 7.16. The summed E-state index contributed by atoms with van der Waals surface area (Å²) in [6, 6.07) is 6.44. The molecule has 0 saturated heterocycles. The third kappa shape index (κ3) is 3.38. The van der Waals surface area contributed by atoms with Crippen molar-refractivity contribution in [3.05, 3.63) is 50.8 Å². The molecule has 2 aromatic heterocycles. The number of rotatable bonds is 6. The van der Waals surface area contributed by atoms with E-state index in [-0.39, 0.29) is 5.56 Å². The van der Waals surface area contributed by atoms with E-state index < -0.39 is 11.9 Å². The number of methoxy groups -OCH3 is 1. The molecule has 3 rings (SSSR count). The second-order valence-electron chi connectivity index (χ2n) is 5.86. The Balaban J connectivity index is 2.26. The highest BCUT2D eigenvalue weighted by molar-refractivity contribution is 7.17. The van der Waals surface area contributed by atoms with Gasteiger partial charge in [-0.1, -0.05) is 23.7 Å². The highest BCUT2D eigenvalue weighted by Crippen LogP contribution is 2.32. The topological polar surface area (TPSA) is 87.2 Å². The van der Waals surface area contributed by atoms with Gasteiger partial charge in [-0.05, 0) is 24.6 Å². The lowest BCUT2D eigenvalue weighted by Crippen LogP contribution is -2.35. The monoisotopic (exact) mass is 391 g/mol. The number of thiophene rings is 1. The number of aromatic nitrogens is 2. The molecule has 1 amide bonds. The van der Waals surface area contributed by atoms with Gasteiger partial charge in [0.1, 0.15) is 16.7 Å². The first-order chi connectivity index (χ1) is 12.4. The van der Waals surface area contributed by atoms with Crippen molar-refractivity contribution in [3.63, 3.8) is 0 Å². The van der Waals surface area contributed by atoms with Crippen LogP contribution in [0.2, 0.25) is 5.02 Å². The largest absolute Gasteiger partial charge is 0.384 e. The van der Waals surface area contributed by atoms with Crippen LogP contribution in [-0.2, 0) is 16.0 Å². The average molecular weight is 392 g/mol. The Morgan fingerprint density at radius 3 is 2.69 bits per heavy atom. The van der Waals surface area contributed by atoms with Crippen LogP contribution in [0.5, 0.6) is 0 Å². The van der Waals surface area contributed by atoms with Gasteiger partial charge in [0, 0.05) is 29.5 Å². The van der Waals surface area contributed by atoms with Crippen molar-refractivity contribution in [3.8, 4) is 11.1 Å². The van der Waals surface area contributed by atoms with Gasteiger partial charge in [0.25, 0.3) is 5.56 Å². The minimum absolute atomic E-state index is 0.279. The highest BCUT2D eigenvalue weighted by Gasteiger charge is 2.22. The van der Waals surface area contributed by atoms with E-state index >= 15 is 0 Å². The molecule has 2 N–H and O–H groups in total. The molecule has 1 aromatic carbocycles. The molecular formula is C18H18ClN3O3S. The average Bonchev–Trinajstić information content (AvgIpc) is 3.04. The molecule has 1 atom stereocenters. The lowest BCUT2D eigenvalue weighted by molar-refractivity contribution is -0.120. The molecule has 8 heteroatoms. The number of benzene rings is 1. The summed E-state index contributed by atoms with van der Waals surface area (Å²) in [7, 11) is 1.57. The van der Waals surface area contributed by atoms with E-state index in [1.165, 1.54) is 15.9 Å². The standard InChI is InChI=1S/C18H18ClN3O3S/c1-10(16(20)23)22-14(7-8-25-2)21-17-15(18(22)24)13(9-26-17)11-3-5-12(19)6-4-11/h3-6,9-10H,7-8H2,1-2H3,(H2,20,23). The van der Waals surface area contributed by atoms with Crippen LogP contribution >= 0.6 is 22.9 Å². The smallest absolute Gasteiger partial charge is 0.263 e. The van der Waals surface area contributed by atoms with Gasteiger partial charge < -0.3 is 10.5 Å². The van der Waals surface area contributed by atoms with Gasteiger partial charge in [0.15, 0.2) is 0 Å². The molecule has 0 spiro atoms. The molecule has 6 nitrogen and oxygen atoms in total. The van der Waals surface area contributed by atoms with E-state index in [2.05, 4.69) is 4.98 Å². The van der Waals surface area contributed by atoms with E-state index in [0.29, 0.717) is 34.1 Å². The Hall–Kier alpha value is -2.22. The van der Waals surface area contributed by atoms with Crippen molar-refractivity contribution < 1.29 is 9.53 Å². The minimum Gasteiger partial charge on any atom is -0.384 e. The molecule has 0 aliphatic carbocycles. The predicted molar refractivity (Wildman–Crippen MR) is 104 cm³/mol. The van der Waals surface area contributed by atoms with E-state index in [1.54, 1.807) is 26.2 Å². The SMILES string of the molecule is COCCc1nc2scc(-c3ccc(Cl)cc3)c2c(=O)n1C(C)C(N)=O. The maximum Gasteiger partial charge on any atom is 0.263 e. The third-order valence-electron chi connectivity index (χ3n) is 4.20. The maximum atomic E-state index is 13.2. The molecule has 0 fully saturated rings. The van der Waals surface area contributed by atoms with Crippen molar-refractivity contribution in [1.82, 2.24) is 9.55 Å². The summed E-state index contributed by atoms with van der Waals surface area (Å²) in [6.45, 7) is 1.99. The molecule has 26 heavy (non-hydrogen) atoms. The first-order valence-corrected chi connectivity index (χ1v) is 9.26. The molecule has 0 aliphatic rings. The molecule has 1 unspecified atom stereocenters. The van der Waals surface area contributed by atoms with Gasteiger partial charge >= 0.3 is 0 Å².